The summed E-state index contributed by atoms with van der Waals surface area (Å²) in [6, 6.07) is 15.8. The van der Waals surface area contributed by atoms with Gasteiger partial charge in [-0.25, -0.2) is 9.97 Å². The van der Waals surface area contributed by atoms with Crippen LogP contribution in [0.25, 0.3) is 31.8 Å². The highest BCUT2D eigenvalue weighted by Gasteiger charge is 2.09. The van der Waals surface area contributed by atoms with Crippen LogP contribution in [0.4, 0.5) is 0 Å². The summed E-state index contributed by atoms with van der Waals surface area (Å²) in [6.45, 7) is 2.65. The second-order valence-electron chi connectivity index (χ2n) is 5.12. The van der Waals surface area contributed by atoms with Crippen molar-refractivity contribution in [3.05, 3.63) is 53.6 Å². The summed E-state index contributed by atoms with van der Waals surface area (Å²) in [5.74, 6) is 0.883. The topological polar surface area (TPSA) is 35.0 Å². The van der Waals surface area contributed by atoms with Crippen molar-refractivity contribution in [1.82, 2.24) is 9.97 Å². The summed E-state index contributed by atoms with van der Waals surface area (Å²) in [7, 11) is 0. The van der Waals surface area contributed by atoms with E-state index in [4.69, 9.17) is 16.3 Å². The van der Waals surface area contributed by atoms with Crippen molar-refractivity contribution in [1.29, 1.82) is 0 Å². The zero-order valence-corrected chi connectivity index (χ0v) is 14.0. The number of fused-ring (bicyclic) bond motifs is 2. The van der Waals surface area contributed by atoms with Gasteiger partial charge < -0.3 is 4.74 Å². The molecule has 4 aromatic rings. The molecule has 114 valence electrons. The standard InChI is InChI=1S/C18H13ClN2OS/c1-2-22-13-6-3-11(4-7-13)17-10-16-18(23-17)21-15-9-12(19)5-8-14(15)20-16/h3-10H,2H2,1H3. The Balaban J connectivity index is 1.79. The van der Waals surface area contributed by atoms with Crippen LogP contribution in [0.15, 0.2) is 48.5 Å². The summed E-state index contributed by atoms with van der Waals surface area (Å²) in [4.78, 5) is 11.4. The lowest BCUT2D eigenvalue weighted by atomic mass is 10.2. The average Bonchev–Trinajstić information content (AvgIpc) is 2.96. The third-order valence-corrected chi connectivity index (χ3v) is 4.85. The molecule has 0 aliphatic heterocycles. The predicted molar refractivity (Wildman–Crippen MR) is 96.5 cm³/mol. The van der Waals surface area contributed by atoms with Gasteiger partial charge in [0.25, 0.3) is 0 Å². The molecule has 3 nitrogen and oxygen atoms in total. The molecule has 0 unspecified atom stereocenters. The Hall–Kier alpha value is -2.17. The summed E-state index contributed by atoms with van der Waals surface area (Å²) >= 11 is 7.67. The van der Waals surface area contributed by atoms with Crippen molar-refractivity contribution in [2.75, 3.05) is 6.61 Å². The molecular weight excluding hydrogens is 328 g/mol. The van der Waals surface area contributed by atoms with E-state index in [0.717, 1.165) is 37.6 Å². The van der Waals surface area contributed by atoms with Crippen LogP contribution in [-0.4, -0.2) is 16.6 Å². The molecule has 2 aromatic heterocycles. The van der Waals surface area contributed by atoms with E-state index in [2.05, 4.69) is 28.2 Å². The molecular formula is C18H13ClN2OS. The van der Waals surface area contributed by atoms with E-state index in [0.29, 0.717) is 11.6 Å². The Kier molecular flexibility index (Phi) is 3.63. The summed E-state index contributed by atoms with van der Waals surface area (Å²) in [6.07, 6.45) is 0. The number of hydrogen-bond acceptors (Lipinski definition) is 4. The molecule has 0 amide bonds. The van der Waals surface area contributed by atoms with E-state index in [1.54, 1.807) is 11.3 Å². The monoisotopic (exact) mass is 340 g/mol. The Morgan fingerprint density at radius 3 is 2.57 bits per heavy atom. The summed E-state index contributed by atoms with van der Waals surface area (Å²) in [5, 5.41) is 0.675. The maximum Gasteiger partial charge on any atom is 0.143 e. The highest BCUT2D eigenvalue weighted by Crippen LogP contribution is 2.33. The van der Waals surface area contributed by atoms with Crippen molar-refractivity contribution in [2.45, 2.75) is 6.92 Å². The number of hydrogen-bond donors (Lipinski definition) is 0. The number of halogens is 1. The number of rotatable bonds is 3. The fraction of sp³-hybridized carbons (Fsp3) is 0.111. The van der Waals surface area contributed by atoms with E-state index in [-0.39, 0.29) is 0 Å². The van der Waals surface area contributed by atoms with Crippen LogP contribution in [0.2, 0.25) is 5.02 Å². The Labute approximate surface area is 142 Å². The number of nitrogens with zero attached hydrogens (tertiary/aromatic N) is 2. The third-order valence-electron chi connectivity index (χ3n) is 3.54. The molecule has 0 saturated heterocycles. The van der Waals surface area contributed by atoms with Crippen LogP contribution >= 0.6 is 22.9 Å². The van der Waals surface area contributed by atoms with Gasteiger partial charge in [-0.3, -0.25) is 0 Å². The molecule has 0 saturated carbocycles. The van der Waals surface area contributed by atoms with Crippen LogP contribution in [0, 0.1) is 0 Å². The molecule has 0 fully saturated rings. The SMILES string of the molecule is CCOc1ccc(-c2cc3nc4ccc(Cl)cc4nc3s2)cc1. The molecule has 0 aliphatic carbocycles. The average molecular weight is 341 g/mol. The minimum Gasteiger partial charge on any atom is -0.494 e. The van der Waals surface area contributed by atoms with Crippen molar-refractivity contribution in [2.24, 2.45) is 0 Å². The van der Waals surface area contributed by atoms with Crippen molar-refractivity contribution < 1.29 is 4.74 Å². The smallest absolute Gasteiger partial charge is 0.143 e. The molecule has 0 bridgehead atoms. The molecule has 0 radical (unpaired) electrons. The fourth-order valence-corrected chi connectivity index (χ4v) is 3.63. The lowest BCUT2D eigenvalue weighted by Gasteiger charge is -2.03. The highest BCUT2D eigenvalue weighted by atomic mass is 35.5. The number of ether oxygens (including phenoxy) is 1. The van der Waals surface area contributed by atoms with Crippen LogP contribution in [0.5, 0.6) is 5.75 Å². The maximum atomic E-state index is 6.04. The quantitative estimate of drug-likeness (QED) is 0.489. The van der Waals surface area contributed by atoms with E-state index >= 15 is 0 Å². The lowest BCUT2D eigenvalue weighted by molar-refractivity contribution is 0.340. The van der Waals surface area contributed by atoms with Gasteiger partial charge in [0.2, 0.25) is 0 Å². The molecule has 4 rings (SSSR count). The second kappa shape index (κ2) is 5.80. The predicted octanol–water partition coefficient (Wildman–Crippen LogP) is 5.56. The van der Waals surface area contributed by atoms with Gasteiger partial charge in [-0.15, -0.1) is 11.3 Å². The van der Waals surface area contributed by atoms with Gasteiger partial charge in [0.1, 0.15) is 16.1 Å². The highest BCUT2D eigenvalue weighted by molar-refractivity contribution is 7.21. The number of aromatic nitrogens is 2. The van der Waals surface area contributed by atoms with E-state index < -0.39 is 0 Å². The summed E-state index contributed by atoms with van der Waals surface area (Å²) < 4.78 is 5.49. The first-order chi connectivity index (χ1) is 11.2. The largest absolute Gasteiger partial charge is 0.494 e. The zero-order valence-electron chi connectivity index (χ0n) is 12.4. The molecule has 0 aliphatic rings. The molecule has 2 heterocycles. The zero-order chi connectivity index (χ0) is 15.8. The van der Waals surface area contributed by atoms with E-state index in [9.17, 15) is 0 Å². The maximum absolute atomic E-state index is 6.04. The molecule has 5 heteroatoms. The van der Waals surface area contributed by atoms with Gasteiger partial charge in [-0.2, -0.15) is 0 Å². The normalized spacial score (nSPS) is 11.2. The van der Waals surface area contributed by atoms with Gasteiger partial charge in [0.05, 0.1) is 17.6 Å². The second-order valence-corrected chi connectivity index (χ2v) is 6.58. The first-order valence-electron chi connectivity index (χ1n) is 7.33. The van der Waals surface area contributed by atoms with Crippen LogP contribution in [-0.2, 0) is 0 Å². The number of benzene rings is 2. The minimum absolute atomic E-state index is 0.672. The van der Waals surface area contributed by atoms with Gasteiger partial charge >= 0.3 is 0 Å². The van der Waals surface area contributed by atoms with Crippen LogP contribution in [0.1, 0.15) is 6.92 Å². The van der Waals surface area contributed by atoms with E-state index in [1.807, 2.05) is 37.3 Å². The van der Waals surface area contributed by atoms with Crippen molar-refractivity contribution in [3.63, 3.8) is 0 Å². The lowest BCUT2D eigenvalue weighted by Crippen LogP contribution is -1.90. The Bertz CT molecular complexity index is 995. The molecule has 0 N–H and O–H groups in total. The van der Waals surface area contributed by atoms with E-state index in [1.165, 1.54) is 0 Å². The first kappa shape index (κ1) is 14.4. The summed E-state index contributed by atoms with van der Waals surface area (Å²) in [5.41, 5.74) is 3.73. The molecule has 23 heavy (non-hydrogen) atoms. The minimum atomic E-state index is 0.672. The van der Waals surface area contributed by atoms with Gasteiger partial charge in [-0.1, -0.05) is 11.6 Å². The van der Waals surface area contributed by atoms with Crippen molar-refractivity contribution in [3.8, 4) is 16.2 Å². The molecule has 2 aromatic carbocycles. The van der Waals surface area contributed by atoms with Gasteiger partial charge in [0, 0.05) is 9.90 Å². The molecule has 0 spiro atoms. The van der Waals surface area contributed by atoms with Crippen LogP contribution < -0.4 is 4.74 Å². The van der Waals surface area contributed by atoms with Crippen molar-refractivity contribution >= 4 is 44.3 Å². The Morgan fingerprint density at radius 2 is 1.78 bits per heavy atom. The first-order valence-corrected chi connectivity index (χ1v) is 8.52. The number of thiophene rings is 1. The van der Waals surface area contributed by atoms with Crippen LogP contribution in [0.3, 0.4) is 0 Å². The fourth-order valence-electron chi connectivity index (χ4n) is 2.48. The third kappa shape index (κ3) is 2.76. The molecule has 0 atom stereocenters. The van der Waals surface area contributed by atoms with Gasteiger partial charge in [-0.05, 0) is 61.0 Å². The van der Waals surface area contributed by atoms with Gasteiger partial charge in [0.15, 0.2) is 0 Å². The Morgan fingerprint density at radius 1 is 0.957 bits per heavy atom.